The Balaban J connectivity index is 2.51. The molecule has 0 aliphatic heterocycles. The maximum absolute atomic E-state index is 4.41. The molecule has 19 heavy (non-hydrogen) atoms. The summed E-state index contributed by atoms with van der Waals surface area (Å²) in [7, 11) is 0. The van der Waals surface area contributed by atoms with Gasteiger partial charge in [0.1, 0.15) is 0 Å². The highest BCUT2D eigenvalue weighted by Gasteiger charge is 2.24. The lowest BCUT2D eigenvalue weighted by molar-refractivity contribution is 0.540. The maximum atomic E-state index is 4.41. The third-order valence-electron chi connectivity index (χ3n) is 2.81. The average molecular weight is 472 g/mol. The van der Waals surface area contributed by atoms with E-state index in [1.165, 1.54) is 5.56 Å². The molecule has 2 aromatic heterocycles. The van der Waals surface area contributed by atoms with Gasteiger partial charge in [-0.3, -0.25) is 4.68 Å². The van der Waals surface area contributed by atoms with Gasteiger partial charge < -0.3 is 5.32 Å². The summed E-state index contributed by atoms with van der Waals surface area (Å²) >= 11 is 12.5. The molecule has 1 atom stereocenters. The van der Waals surface area contributed by atoms with Crippen molar-refractivity contribution in [3.8, 4) is 0 Å². The zero-order valence-corrected chi connectivity index (χ0v) is 16.2. The van der Waals surface area contributed by atoms with E-state index >= 15 is 0 Å². The second-order valence-corrected chi connectivity index (χ2v) is 8.57. The Morgan fingerprint density at radius 3 is 2.63 bits per heavy atom. The van der Waals surface area contributed by atoms with Crippen LogP contribution < -0.4 is 5.32 Å². The molecule has 2 rings (SSSR count). The SMILES string of the molecule is CCNC(c1cc(Br)sc1Br)c1c(Br)cnn1CC. The van der Waals surface area contributed by atoms with Gasteiger partial charge in [-0.15, -0.1) is 11.3 Å². The molecular formula is C12H14Br3N3S. The van der Waals surface area contributed by atoms with Gasteiger partial charge in [-0.25, -0.2) is 0 Å². The minimum absolute atomic E-state index is 0.124. The zero-order valence-electron chi connectivity index (χ0n) is 10.6. The molecule has 1 N–H and O–H groups in total. The first-order valence-corrected chi connectivity index (χ1v) is 9.17. The highest BCUT2D eigenvalue weighted by Crippen LogP contribution is 2.39. The summed E-state index contributed by atoms with van der Waals surface area (Å²) in [6, 6.07) is 2.28. The smallest absolute Gasteiger partial charge is 0.0779 e. The molecule has 0 bridgehead atoms. The fraction of sp³-hybridized carbons (Fsp3) is 0.417. The topological polar surface area (TPSA) is 29.9 Å². The molecular weight excluding hydrogens is 458 g/mol. The van der Waals surface area contributed by atoms with E-state index in [2.05, 4.69) is 78.1 Å². The van der Waals surface area contributed by atoms with E-state index in [4.69, 9.17) is 0 Å². The van der Waals surface area contributed by atoms with Gasteiger partial charge in [-0.05, 0) is 67.3 Å². The number of aryl methyl sites for hydroxylation is 1. The molecule has 1 unspecified atom stereocenters. The van der Waals surface area contributed by atoms with Crippen LogP contribution in [0.5, 0.6) is 0 Å². The number of nitrogens with zero attached hydrogens (tertiary/aromatic N) is 2. The number of rotatable bonds is 5. The molecule has 3 nitrogen and oxygen atoms in total. The maximum Gasteiger partial charge on any atom is 0.0779 e. The number of hydrogen-bond acceptors (Lipinski definition) is 3. The average Bonchev–Trinajstić information content (AvgIpc) is 2.89. The van der Waals surface area contributed by atoms with Crippen molar-refractivity contribution in [2.45, 2.75) is 26.4 Å². The van der Waals surface area contributed by atoms with Gasteiger partial charge in [-0.2, -0.15) is 5.10 Å². The molecule has 0 aliphatic carbocycles. The van der Waals surface area contributed by atoms with E-state index in [0.717, 1.165) is 30.8 Å². The number of aromatic nitrogens is 2. The highest BCUT2D eigenvalue weighted by atomic mass is 79.9. The van der Waals surface area contributed by atoms with Gasteiger partial charge in [0, 0.05) is 12.1 Å². The van der Waals surface area contributed by atoms with Crippen molar-refractivity contribution < 1.29 is 0 Å². The molecule has 0 saturated carbocycles. The lowest BCUT2D eigenvalue weighted by Gasteiger charge is -2.19. The first-order chi connectivity index (χ1) is 9.08. The van der Waals surface area contributed by atoms with Crippen LogP contribution >= 0.6 is 59.1 Å². The second kappa shape index (κ2) is 6.85. The molecule has 7 heteroatoms. The molecule has 0 aliphatic rings. The van der Waals surface area contributed by atoms with Crippen LogP contribution in [0.15, 0.2) is 24.3 Å². The van der Waals surface area contributed by atoms with Gasteiger partial charge in [0.05, 0.1) is 30.0 Å². The Hall–Kier alpha value is 0.310. The monoisotopic (exact) mass is 469 g/mol. The van der Waals surface area contributed by atoms with Gasteiger partial charge in [0.25, 0.3) is 0 Å². The second-order valence-electron chi connectivity index (χ2n) is 3.96. The molecule has 2 aromatic rings. The van der Waals surface area contributed by atoms with E-state index in [9.17, 15) is 0 Å². The molecule has 0 amide bonds. The predicted octanol–water partition coefficient (Wildman–Crippen LogP) is 4.95. The number of halogens is 3. The summed E-state index contributed by atoms with van der Waals surface area (Å²) in [4.78, 5) is 0. The first kappa shape index (κ1) is 15.7. The van der Waals surface area contributed by atoms with E-state index in [-0.39, 0.29) is 6.04 Å². The van der Waals surface area contributed by atoms with Gasteiger partial charge in [0.2, 0.25) is 0 Å². The third kappa shape index (κ3) is 3.32. The van der Waals surface area contributed by atoms with Crippen LogP contribution in [0.3, 0.4) is 0 Å². The molecule has 104 valence electrons. The Morgan fingerprint density at radius 1 is 1.37 bits per heavy atom. The predicted molar refractivity (Wildman–Crippen MR) is 90.8 cm³/mol. The van der Waals surface area contributed by atoms with Crippen molar-refractivity contribution in [1.29, 1.82) is 0 Å². The van der Waals surface area contributed by atoms with Crippen molar-refractivity contribution in [3.63, 3.8) is 0 Å². The Kier molecular flexibility index (Phi) is 5.65. The minimum Gasteiger partial charge on any atom is -0.305 e. The summed E-state index contributed by atoms with van der Waals surface area (Å²) in [5.41, 5.74) is 2.39. The lowest BCUT2D eigenvalue weighted by Crippen LogP contribution is -2.25. The van der Waals surface area contributed by atoms with Gasteiger partial charge in [0.15, 0.2) is 0 Å². The van der Waals surface area contributed by atoms with Crippen LogP contribution in [0.25, 0.3) is 0 Å². The van der Waals surface area contributed by atoms with E-state index in [1.54, 1.807) is 11.3 Å². The van der Waals surface area contributed by atoms with Crippen molar-refractivity contribution >= 4 is 59.1 Å². The van der Waals surface area contributed by atoms with Crippen molar-refractivity contribution in [2.75, 3.05) is 6.54 Å². The standard InChI is InChI=1S/C12H14Br3N3S/c1-3-16-10(7-5-9(14)19-12(7)15)11-8(13)6-17-18(11)4-2/h5-6,10,16H,3-4H2,1-2H3. The number of hydrogen-bond donors (Lipinski definition) is 1. The molecule has 0 saturated heterocycles. The van der Waals surface area contributed by atoms with Gasteiger partial charge >= 0.3 is 0 Å². The Morgan fingerprint density at radius 2 is 2.11 bits per heavy atom. The summed E-state index contributed by atoms with van der Waals surface area (Å²) in [6.45, 7) is 5.96. The number of thiophene rings is 1. The van der Waals surface area contributed by atoms with Crippen molar-refractivity contribution in [3.05, 3.63) is 35.6 Å². The van der Waals surface area contributed by atoms with Crippen LogP contribution in [0.2, 0.25) is 0 Å². The largest absolute Gasteiger partial charge is 0.305 e. The van der Waals surface area contributed by atoms with Crippen molar-refractivity contribution in [1.82, 2.24) is 15.1 Å². The lowest BCUT2D eigenvalue weighted by atomic mass is 10.1. The van der Waals surface area contributed by atoms with Crippen LogP contribution in [0, 0.1) is 0 Å². The number of nitrogens with one attached hydrogen (secondary N) is 1. The van der Waals surface area contributed by atoms with Crippen molar-refractivity contribution in [2.24, 2.45) is 0 Å². The molecule has 0 fully saturated rings. The first-order valence-electron chi connectivity index (χ1n) is 5.97. The Labute approximate surface area is 142 Å². The van der Waals surface area contributed by atoms with Crippen LogP contribution in [0.4, 0.5) is 0 Å². The van der Waals surface area contributed by atoms with Crippen LogP contribution in [-0.2, 0) is 6.54 Å². The third-order valence-corrected chi connectivity index (χ3v) is 5.81. The molecule has 0 radical (unpaired) electrons. The summed E-state index contributed by atoms with van der Waals surface area (Å²) in [5.74, 6) is 0. The van der Waals surface area contributed by atoms with E-state index in [0.29, 0.717) is 0 Å². The summed E-state index contributed by atoms with van der Waals surface area (Å²) in [6.07, 6.45) is 1.86. The summed E-state index contributed by atoms with van der Waals surface area (Å²) in [5, 5.41) is 7.94. The fourth-order valence-corrected chi connectivity index (χ4v) is 5.45. The summed E-state index contributed by atoms with van der Waals surface area (Å²) < 4.78 is 5.32. The molecule has 0 spiro atoms. The van der Waals surface area contributed by atoms with E-state index < -0.39 is 0 Å². The van der Waals surface area contributed by atoms with Gasteiger partial charge in [-0.1, -0.05) is 6.92 Å². The van der Waals surface area contributed by atoms with E-state index in [1.807, 2.05) is 10.9 Å². The Bertz CT molecular complexity index is 565. The zero-order chi connectivity index (χ0) is 14.0. The molecule has 2 heterocycles. The fourth-order valence-electron chi connectivity index (χ4n) is 2.02. The highest BCUT2D eigenvalue weighted by molar-refractivity contribution is 9.12. The quantitative estimate of drug-likeness (QED) is 0.668. The minimum atomic E-state index is 0.124. The van der Waals surface area contributed by atoms with Crippen LogP contribution in [-0.4, -0.2) is 16.3 Å². The van der Waals surface area contributed by atoms with Crippen LogP contribution in [0.1, 0.15) is 31.1 Å². The normalized spacial score (nSPS) is 12.9. The molecule has 0 aromatic carbocycles.